The van der Waals surface area contributed by atoms with Gasteiger partial charge >= 0.3 is 5.97 Å². The van der Waals surface area contributed by atoms with Crippen molar-refractivity contribution in [1.29, 1.82) is 0 Å². The lowest BCUT2D eigenvalue weighted by atomic mass is 9.91. The largest absolute Gasteiger partial charge is 0.454 e. The van der Waals surface area contributed by atoms with Crippen LogP contribution in [0.4, 0.5) is 11.4 Å². The Kier molecular flexibility index (Phi) is 7.18. The number of hydrogen-bond donors (Lipinski definition) is 0. The molecule has 1 heterocycles. The highest BCUT2D eigenvalue weighted by Crippen LogP contribution is 2.34. The molecule has 31 heavy (non-hydrogen) atoms. The highest BCUT2D eigenvalue weighted by molar-refractivity contribution is 6.42. The molecule has 0 aliphatic carbocycles. The molecule has 3 rings (SSSR count). The molecule has 0 amide bonds. The number of Topliss-reactive ketones (excluding diaryl/α,β-unsaturated/α-hetero) is 1. The summed E-state index contributed by atoms with van der Waals surface area (Å²) in [5.41, 5.74) is 0.575. The van der Waals surface area contributed by atoms with Crippen molar-refractivity contribution in [3.05, 3.63) is 67.7 Å². The van der Waals surface area contributed by atoms with Crippen LogP contribution in [0.1, 0.15) is 41.0 Å². The highest BCUT2D eigenvalue weighted by Gasteiger charge is 2.28. The van der Waals surface area contributed by atoms with E-state index in [1.54, 1.807) is 6.07 Å². The Hall–Kier alpha value is -2.64. The van der Waals surface area contributed by atoms with Crippen LogP contribution in [0.2, 0.25) is 10.0 Å². The van der Waals surface area contributed by atoms with E-state index >= 15 is 0 Å². The molecule has 2 atom stereocenters. The Labute approximate surface area is 190 Å². The van der Waals surface area contributed by atoms with Gasteiger partial charge in [0.15, 0.2) is 12.4 Å². The van der Waals surface area contributed by atoms with Gasteiger partial charge in [-0.05, 0) is 48.6 Å². The van der Waals surface area contributed by atoms with Crippen LogP contribution in [0, 0.1) is 22.0 Å². The number of esters is 1. The SMILES string of the molecule is C[C@@H]1C[C@H](C)CN(c2ccc(C(=O)OCC(=O)c3ccc(Cl)c(Cl)c3)cc2[N+](=O)[O-])C1. The molecular weight excluding hydrogens is 443 g/mol. The van der Waals surface area contributed by atoms with E-state index in [2.05, 4.69) is 13.8 Å². The van der Waals surface area contributed by atoms with Gasteiger partial charge in [0.25, 0.3) is 5.69 Å². The van der Waals surface area contributed by atoms with Crippen LogP contribution in [0.3, 0.4) is 0 Å². The van der Waals surface area contributed by atoms with Crippen LogP contribution in [-0.4, -0.2) is 36.4 Å². The van der Waals surface area contributed by atoms with E-state index in [1.807, 2.05) is 4.90 Å². The van der Waals surface area contributed by atoms with E-state index in [4.69, 9.17) is 27.9 Å². The van der Waals surface area contributed by atoms with Gasteiger partial charge in [-0.1, -0.05) is 37.0 Å². The van der Waals surface area contributed by atoms with Crippen LogP contribution in [0.5, 0.6) is 0 Å². The number of ether oxygens (including phenoxy) is 1. The lowest BCUT2D eigenvalue weighted by Gasteiger charge is -2.36. The fourth-order valence-corrected chi connectivity index (χ4v) is 4.19. The molecule has 0 bridgehead atoms. The summed E-state index contributed by atoms with van der Waals surface area (Å²) in [6.45, 7) is 5.14. The summed E-state index contributed by atoms with van der Waals surface area (Å²) in [7, 11) is 0. The second-order valence-electron chi connectivity index (χ2n) is 7.94. The summed E-state index contributed by atoms with van der Waals surface area (Å²) in [5, 5.41) is 12.2. The molecule has 0 spiro atoms. The maximum absolute atomic E-state index is 12.4. The maximum Gasteiger partial charge on any atom is 0.338 e. The van der Waals surface area contributed by atoms with Crippen molar-refractivity contribution in [3.63, 3.8) is 0 Å². The minimum atomic E-state index is -0.816. The summed E-state index contributed by atoms with van der Waals surface area (Å²) in [6.07, 6.45) is 1.07. The zero-order valence-corrected chi connectivity index (χ0v) is 18.7. The van der Waals surface area contributed by atoms with Gasteiger partial charge in [-0.3, -0.25) is 14.9 Å². The number of rotatable bonds is 6. The van der Waals surface area contributed by atoms with Crippen molar-refractivity contribution in [2.24, 2.45) is 11.8 Å². The Bertz CT molecular complexity index is 1020. The van der Waals surface area contributed by atoms with Gasteiger partial charge in [-0.25, -0.2) is 4.79 Å². The topological polar surface area (TPSA) is 89.8 Å². The third-order valence-corrected chi connectivity index (χ3v) is 5.93. The molecule has 0 saturated carbocycles. The van der Waals surface area contributed by atoms with E-state index in [0.29, 0.717) is 35.6 Å². The molecule has 0 aromatic heterocycles. The van der Waals surface area contributed by atoms with Gasteiger partial charge < -0.3 is 9.64 Å². The normalized spacial score (nSPS) is 18.5. The Morgan fingerprint density at radius 2 is 1.71 bits per heavy atom. The van der Waals surface area contributed by atoms with E-state index in [0.717, 1.165) is 6.42 Å². The molecule has 7 nitrogen and oxygen atoms in total. The van der Waals surface area contributed by atoms with Crippen LogP contribution in [-0.2, 0) is 4.74 Å². The Morgan fingerprint density at radius 1 is 1.06 bits per heavy atom. The predicted octanol–water partition coefficient (Wildman–Crippen LogP) is 5.42. The molecule has 1 saturated heterocycles. The average Bonchev–Trinajstić information content (AvgIpc) is 2.72. The summed E-state index contributed by atoms with van der Waals surface area (Å²) in [6, 6.07) is 8.60. The number of nitrogens with zero attached hydrogens (tertiary/aromatic N) is 2. The van der Waals surface area contributed by atoms with Gasteiger partial charge in [0.2, 0.25) is 0 Å². The fraction of sp³-hybridized carbons (Fsp3) is 0.364. The minimum Gasteiger partial charge on any atom is -0.454 e. The second-order valence-corrected chi connectivity index (χ2v) is 8.75. The summed E-state index contributed by atoms with van der Waals surface area (Å²) in [5.74, 6) is -0.446. The van der Waals surface area contributed by atoms with Crippen molar-refractivity contribution in [1.82, 2.24) is 0 Å². The minimum absolute atomic E-state index is 0.00972. The number of carbonyl (C=O) groups is 2. The van der Waals surface area contributed by atoms with Crippen molar-refractivity contribution >= 4 is 46.3 Å². The summed E-state index contributed by atoms with van der Waals surface area (Å²) >= 11 is 11.7. The number of nitro benzene ring substituents is 1. The third kappa shape index (κ3) is 5.54. The van der Waals surface area contributed by atoms with Crippen molar-refractivity contribution in [2.75, 3.05) is 24.6 Å². The molecular formula is C22H22Cl2N2O5. The standard InChI is InChI=1S/C22H22Cl2N2O5/c1-13-7-14(2)11-25(10-13)19-6-4-16(9-20(19)26(29)30)22(28)31-12-21(27)15-3-5-17(23)18(24)8-15/h3-6,8-9,13-14H,7,10-12H2,1-2H3/t13-,14+. The number of halogens is 2. The van der Waals surface area contributed by atoms with E-state index in [9.17, 15) is 19.7 Å². The smallest absolute Gasteiger partial charge is 0.338 e. The van der Waals surface area contributed by atoms with E-state index < -0.39 is 23.3 Å². The number of ketones is 1. The molecule has 0 unspecified atom stereocenters. The van der Waals surface area contributed by atoms with Crippen molar-refractivity contribution < 1.29 is 19.2 Å². The van der Waals surface area contributed by atoms with E-state index in [1.165, 1.54) is 30.3 Å². The lowest BCUT2D eigenvalue weighted by Crippen LogP contribution is -2.39. The Balaban J connectivity index is 1.74. The first kappa shape index (κ1) is 23.0. The van der Waals surface area contributed by atoms with Crippen LogP contribution in [0.25, 0.3) is 0 Å². The van der Waals surface area contributed by atoms with Gasteiger partial charge in [-0.2, -0.15) is 0 Å². The highest BCUT2D eigenvalue weighted by atomic mass is 35.5. The molecule has 1 fully saturated rings. The zero-order chi connectivity index (χ0) is 22.7. The van der Waals surface area contributed by atoms with Gasteiger partial charge in [-0.15, -0.1) is 0 Å². The molecule has 9 heteroatoms. The molecule has 2 aromatic rings. The number of carbonyl (C=O) groups excluding carboxylic acids is 2. The average molecular weight is 465 g/mol. The Morgan fingerprint density at radius 3 is 2.32 bits per heavy atom. The molecule has 1 aliphatic heterocycles. The number of anilines is 1. The maximum atomic E-state index is 12.4. The molecule has 164 valence electrons. The first-order valence-corrected chi connectivity index (χ1v) is 10.6. The number of benzene rings is 2. The molecule has 0 radical (unpaired) electrons. The van der Waals surface area contributed by atoms with Crippen LogP contribution in [0.15, 0.2) is 36.4 Å². The van der Waals surface area contributed by atoms with E-state index in [-0.39, 0.29) is 21.8 Å². The molecule has 2 aromatic carbocycles. The fourth-order valence-electron chi connectivity index (χ4n) is 3.89. The van der Waals surface area contributed by atoms with Crippen LogP contribution < -0.4 is 4.90 Å². The molecule has 1 aliphatic rings. The predicted molar refractivity (Wildman–Crippen MR) is 119 cm³/mol. The van der Waals surface area contributed by atoms with Gasteiger partial charge in [0, 0.05) is 24.7 Å². The molecule has 0 N–H and O–H groups in total. The van der Waals surface area contributed by atoms with Gasteiger partial charge in [0.1, 0.15) is 5.69 Å². The summed E-state index contributed by atoms with van der Waals surface area (Å²) < 4.78 is 5.07. The van der Waals surface area contributed by atoms with Gasteiger partial charge in [0.05, 0.1) is 20.5 Å². The van der Waals surface area contributed by atoms with Crippen LogP contribution >= 0.6 is 23.2 Å². The first-order chi connectivity index (χ1) is 14.7. The zero-order valence-electron chi connectivity index (χ0n) is 17.1. The second kappa shape index (κ2) is 9.66. The summed E-state index contributed by atoms with van der Waals surface area (Å²) in [4.78, 5) is 37.8. The number of piperidine rings is 1. The lowest BCUT2D eigenvalue weighted by molar-refractivity contribution is -0.384. The monoisotopic (exact) mass is 464 g/mol. The first-order valence-electron chi connectivity index (χ1n) is 9.84. The van der Waals surface area contributed by atoms with Crippen molar-refractivity contribution in [2.45, 2.75) is 20.3 Å². The number of nitro groups is 1. The third-order valence-electron chi connectivity index (χ3n) is 5.19. The number of hydrogen-bond acceptors (Lipinski definition) is 6. The quantitative estimate of drug-likeness (QED) is 0.245. The van der Waals surface area contributed by atoms with Crippen molar-refractivity contribution in [3.8, 4) is 0 Å².